The molecule has 108 valence electrons. The summed E-state index contributed by atoms with van der Waals surface area (Å²) in [6.07, 6.45) is 3.05. The fourth-order valence-electron chi connectivity index (χ4n) is 2.01. The second-order valence-corrected chi connectivity index (χ2v) is 4.60. The molecule has 0 unspecified atom stereocenters. The van der Waals surface area contributed by atoms with E-state index >= 15 is 0 Å². The van der Waals surface area contributed by atoms with Crippen molar-refractivity contribution in [2.24, 2.45) is 0 Å². The van der Waals surface area contributed by atoms with Crippen molar-refractivity contribution in [3.8, 4) is 0 Å². The summed E-state index contributed by atoms with van der Waals surface area (Å²) in [6, 6.07) is -1.11. The van der Waals surface area contributed by atoms with E-state index in [0.29, 0.717) is 13.0 Å². The number of likely N-dealkylation sites (tertiary alicyclic amines) is 1. The lowest BCUT2D eigenvalue weighted by Crippen LogP contribution is -2.47. The Morgan fingerprint density at radius 2 is 2.05 bits per heavy atom. The minimum atomic E-state index is -1.19. The van der Waals surface area contributed by atoms with E-state index in [4.69, 9.17) is 10.2 Å². The van der Waals surface area contributed by atoms with E-state index in [1.807, 2.05) is 0 Å². The number of rotatable bonds is 6. The maximum Gasteiger partial charge on any atom is 0.326 e. The Balaban J connectivity index is 2.48. The molecule has 1 rings (SSSR count). The first kappa shape index (κ1) is 15.4. The molecule has 1 aliphatic rings. The zero-order valence-electron chi connectivity index (χ0n) is 10.8. The highest BCUT2D eigenvalue weighted by molar-refractivity contribution is 5.88. The van der Waals surface area contributed by atoms with Crippen LogP contribution >= 0.6 is 0 Å². The molecule has 7 heteroatoms. The number of hydrogen-bond acceptors (Lipinski definition) is 4. The Labute approximate surface area is 111 Å². The maximum atomic E-state index is 11.7. The smallest absolute Gasteiger partial charge is 0.326 e. The first-order chi connectivity index (χ1) is 9.04. The van der Waals surface area contributed by atoms with E-state index in [1.54, 1.807) is 0 Å². The maximum absolute atomic E-state index is 11.7. The quantitative estimate of drug-likeness (QED) is 0.595. The molecule has 0 aliphatic carbocycles. The van der Waals surface area contributed by atoms with Gasteiger partial charge in [-0.15, -0.1) is 0 Å². The molecule has 0 aromatic heterocycles. The predicted octanol–water partition coefficient (Wildman–Crippen LogP) is -0.659. The summed E-state index contributed by atoms with van der Waals surface area (Å²) < 4.78 is 0. The number of carboxylic acid groups (broad SMARTS) is 1. The topological polar surface area (TPSA) is 107 Å². The fraction of sp³-hybridized carbons (Fsp3) is 0.750. The Morgan fingerprint density at radius 1 is 1.32 bits per heavy atom. The average Bonchev–Trinajstić information content (AvgIpc) is 2.54. The summed E-state index contributed by atoms with van der Waals surface area (Å²) in [5, 5.41) is 19.9. The molecule has 0 bridgehead atoms. The van der Waals surface area contributed by atoms with Crippen LogP contribution in [0.1, 0.15) is 32.1 Å². The van der Waals surface area contributed by atoms with Crippen LogP contribution in [-0.2, 0) is 14.4 Å². The van der Waals surface area contributed by atoms with Gasteiger partial charge in [0.15, 0.2) is 0 Å². The number of aliphatic hydroxyl groups excluding tert-OH is 1. The molecule has 1 saturated heterocycles. The van der Waals surface area contributed by atoms with Crippen molar-refractivity contribution in [2.45, 2.75) is 38.1 Å². The van der Waals surface area contributed by atoms with E-state index in [1.165, 1.54) is 4.90 Å². The summed E-state index contributed by atoms with van der Waals surface area (Å²) in [6.45, 7) is 0.0952. The lowest BCUT2D eigenvalue weighted by molar-refractivity contribution is -0.143. The number of aliphatic hydroxyl groups is 1. The number of nitrogens with zero attached hydrogens (tertiary/aromatic N) is 1. The lowest BCUT2D eigenvalue weighted by Gasteiger charge is -2.21. The van der Waals surface area contributed by atoms with Gasteiger partial charge in [0, 0.05) is 26.0 Å². The summed E-state index contributed by atoms with van der Waals surface area (Å²) in [4.78, 5) is 35.7. The molecule has 1 fully saturated rings. The number of carbonyl (C=O) groups excluding carboxylic acids is 2. The predicted molar refractivity (Wildman–Crippen MR) is 66.3 cm³/mol. The lowest BCUT2D eigenvalue weighted by atomic mass is 10.2. The highest BCUT2D eigenvalue weighted by Crippen LogP contribution is 2.10. The number of amides is 2. The van der Waals surface area contributed by atoms with Crippen LogP contribution in [0.15, 0.2) is 0 Å². The van der Waals surface area contributed by atoms with E-state index in [0.717, 1.165) is 19.3 Å². The highest BCUT2D eigenvalue weighted by Gasteiger charge is 2.23. The van der Waals surface area contributed by atoms with Gasteiger partial charge >= 0.3 is 5.97 Å². The molecule has 0 aromatic rings. The standard InChI is InChI=1S/C12H20N2O5/c15-7-5-9(12(18)19)13-10(16)8-14-6-3-1-2-4-11(14)17/h9,15H,1-8H2,(H,13,16)(H,18,19)/t9-/m0/s1. The molecular weight excluding hydrogens is 252 g/mol. The molecule has 19 heavy (non-hydrogen) atoms. The minimum absolute atomic E-state index is 0.0466. The number of carbonyl (C=O) groups is 3. The normalized spacial score (nSPS) is 17.7. The zero-order valence-corrected chi connectivity index (χ0v) is 10.8. The first-order valence-electron chi connectivity index (χ1n) is 6.45. The molecular formula is C12H20N2O5. The van der Waals surface area contributed by atoms with E-state index < -0.39 is 17.9 Å². The Bertz CT molecular complexity index is 345. The summed E-state index contributed by atoms with van der Waals surface area (Å²) in [5.74, 6) is -1.76. The zero-order chi connectivity index (χ0) is 14.3. The van der Waals surface area contributed by atoms with Crippen LogP contribution in [0.25, 0.3) is 0 Å². The van der Waals surface area contributed by atoms with Gasteiger partial charge < -0.3 is 20.4 Å². The summed E-state index contributed by atoms with van der Waals surface area (Å²) in [5.41, 5.74) is 0. The van der Waals surface area contributed by atoms with Crippen molar-refractivity contribution in [2.75, 3.05) is 19.7 Å². The van der Waals surface area contributed by atoms with Crippen molar-refractivity contribution >= 4 is 17.8 Å². The van der Waals surface area contributed by atoms with Crippen LogP contribution in [0.4, 0.5) is 0 Å². The Kier molecular flexibility index (Phi) is 6.27. The molecule has 3 N–H and O–H groups in total. The fourth-order valence-corrected chi connectivity index (χ4v) is 2.01. The van der Waals surface area contributed by atoms with E-state index in [2.05, 4.69) is 5.32 Å². The molecule has 0 aromatic carbocycles. The van der Waals surface area contributed by atoms with Crippen LogP contribution in [0.2, 0.25) is 0 Å². The molecule has 0 saturated carbocycles. The van der Waals surface area contributed by atoms with Gasteiger partial charge in [-0.25, -0.2) is 4.79 Å². The van der Waals surface area contributed by atoms with Crippen LogP contribution in [-0.4, -0.2) is 58.6 Å². The molecule has 0 spiro atoms. The van der Waals surface area contributed by atoms with Crippen molar-refractivity contribution in [3.63, 3.8) is 0 Å². The van der Waals surface area contributed by atoms with Gasteiger partial charge in [-0.1, -0.05) is 6.42 Å². The van der Waals surface area contributed by atoms with Crippen LogP contribution in [0.5, 0.6) is 0 Å². The van der Waals surface area contributed by atoms with Crippen LogP contribution in [0.3, 0.4) is 0 Å². The number of hydrogen-bond donors (Lipinski definition) is 3. The van der Waals surface area contributed by atoms with E-state index in [9.17, 15) is 14.4 Å². The number of aliphatic carboxylic acids is 1. The van der Waals surface area contributed by atoms with Gasteiger partial charge in [0.05, 0.1) is 6.54 Å². The molecule has 7 nitrogen and oxygen atoms in total. The first-order valence-corrected chi connectivity index (χ1v) is 6.45. The summed E-state index contributed by atoms with van der Waals surface area (Å²) in [7, 11) is 0. The molecule has 1 heterocycles. The van der Waals surface area contributed by atoms with Gasteiger partial charge in [-0.05, 0) is 12.8 Å². The monoisotopic (exact) mass is 272 g/mol. The third kappa shape index (κ3) is 5.25. The van der Waals surface area contributed by atoms with E-state index in [-0.39, 0.29) is 25.5 Å². The Hall–Kier alpha value is -1.63. The van der Waals surface area contributed by atoms with Gasteiger partial charge in [0.1, 0.15) is 6.04 Å². The third-order valence-electron chi connectivity index (χ3n) is 3.06. The Morgan fingerprint density at radius 3 is 2.68 bits per heavy atom. The second-order valence-electron chi connectivity index (χ2n) is 4.60. The van der Waals surface area contributed by atoms with Crippen LogP contribution < -0.4 is 5.32 Å². The van der Waals surface area contributed by atoms with Crippen molar-refractivity contribution in [1.29, 1.82) is 0 Å². The number of nitrogens with one attached hydrogen (secondary N) is 1. The molecule has 1 aliphatic heterocycles. The number of carboxylic acids is 1. The largest absolute Gasteiger partial charge is 0.480 e. The van der Waals surface area contributed by atoms with Gasteiger partial charge in [-0.3, -0.25) is 9.59 Å². The third-order valence-corrected chi connectivity index (χ3v) is 3.06. The van der Waals surface area contributed by atoms with Crippen molar-refractivity contribution in [3.05, 3.63) is 0 Å². The van der Waals surface area contributed by atoms with Crippen LogP contribution in [0, 0.1) is 0 Å². The van der Waals surface area contributed by atoms with Gasteiger partial charge in [0.2, 0.25) is 11.8 Å². The average molecular weight is 272 g/mol. The second kappa shape index (κ2) is 7.73. The van der Waals surface area contributed by atoms with Gasteiger partial charge in [-0.2, -0.15) is 0 Å². The highest BCUT2D eigenvalue weighted by atomic mass is 16.4. The molecule has 0 radical (unpaired) electrons. The minimum Gasteiger partial charge on any atom is -0.480 e. The molecule has 2 amide bonds. The SMILES string of the molecule is O=C(CN1CCCCCC1=O)N[C@@H](CCO)C(=O)O. The molecule has 1 atom stereocenters. The van der Waals surface area contributed by atoms with Gasteiger partial charge in [0.25, 0.3) is 0 Å². The van der Waals surface area contributed by atoms with Crippen molar-refractivity contribution < 1.29 is 24.6 Å². The summed E-state index contributed by atoms with van der Waals surface area (Å²) >= 11 is 0. The van der Waals surface area contributed by atoms with Crippen molar-refractivity contribution in [1.82, 2.24) is 10.2 Å².